The average molecular weight is 494 g/mol. The molecule has 1 amide bonds. The van der Waals surface area contributed by atoms with Crippen LogP contribution in [0.2, 0.25) is 0 Å². The molecular formula is C23H43NO10. The lowest BCUT2D eigenvalue weighted by atomic mass is 9.97. The molecule has 0 aromatic rings. The minimum Gasteiger partial charge on any atom is -0.388 e. The number of aliphatic hydroxyl groups is 5. The van der Waals surface area contributed by atoms with Gasteiger partial charge in [-0.25, -0.2) is 0 Å². The number of hydrogen-bond donors (Lipinski definition) is 6. The average Bonchev–Trinajstić information content (AvgIpc) is 2.81. The quantitative estimate of drug-likeness (QED) is 0.196. The van der Waals surface area contributed by atoms with Crippen LogP contribution in [0.25, 0.3) is 0 Å². The van der Waals surface area contributed by atoms with Crippen molar-refractivity contribution in [3.63, 3.8) is 0 Å². The summed E-state index contributed by atoms with van der Waals surface area (Å²) in [6, 6.07) is 0. The highest BCUT2D eigenvalue weighted by Gasteiger charge is 2.50. The van der Waals surface area contributed by atoms with Gasteiger partial charge >= 0.3 is 0 Å². The van der Waals surface area contributed by atoms with Crippen LogP contribution >= 0.6 is 0 Å². The number of unbranched alkanes of at least 4 members (excludes halogenated alkanes) is 4. The SMILES string of the molecule is CCCCCCCC(CC(=O)NC)O[C@@H]1O[C@@H](C)[C@H](O)[C@@H](O)[C@H]1O[C@@H]1O[C@H](C)C(O)[C@@H](O)[C@H]1O. The maximum Gasteiger partial charge on any atom is 0.222 e. The molecule has 6 N–H and O–H groups in total. The summed E-state index contributed by atoms with van der Waals surface area (Å²) in [5, 5.41) is 54.0. The van der Waals surface area contributed by atoms with Gasteiger partial charge in [-0.2, -0.15) is 0 Å². The summed E-state index contributed by atoms with van der Waals surface area (Å²) in [5.74, 6) is -0.211. The Labute approximate surface area is 201 Å². The Bertz CT molecular complexity index is 610. The first-order chi connectivity index (χ1) is 16.1. The Morgan fingerprint density at radius 2 is 1.44 bits per heavy atom. The standard InChI is InChI=1S/C23H43NO10/c1-5-6-7-8-9-10-14(11-15(25)24-4)33-23-21(19(29)17(27)13(3)32-23)34-22-20(30)18(28)16(26)12(2)31-22/h12-14,16-23,26-30H,5-11H2,1-4H3,(H,24,25)/t12-,13+,14?,16?,17+,18-,19-,20-,21-,22+,23+/m1/s1. The molecule has 0 aliphatic carbocycles. The maximum absolute atomic E-state index is 12.1. The Hall–Kier alpha value is -0.890. The molecule has 200 valence electrons. The molecule has 2 unspecified atom stereocenters. The molecule has 11 heteroatoms. The van der Waals surface area contributed by atoms with Crippen molar-refractivity contribution in [3.05, 3.63) is 0 Å². The van der Waals surface area contributed by atoms with E-state index in [9.17, 15) is 30.3 Å². The van der Waals surface area contributed by atoms with Crippen molar-refractivity contribution < 1.29 is 49.3 Å². The van der Waals surface area contributed by atoms with Gasteiger partial charge in [0.2, 0.25) is 5.91 Å². The van der Waals surface area contributed by atoms with Crippen LogP contribution in [0.5, 0.6) is 0 Å². The zero-order valence-corrected chi connectivity index (χ0v) is 20.6. The normalized spacial score (nSPS) is 39.6. The summed E-state index contributed by atoms with van der Waals surface area (Å²) >= 11 is 0. The fourth-order valence-corrected chi connectivity index (χ4v) is 4.23. The Morgan fingerprint density at radius 1 is 0.853 bits per heavy atom. The van der Waals surface area contributed by atoms with E-state index in [1.54, 1.807) is 6.92 Å². The maximum atomic E-state index is 12.1. The van der Waals surface area contributed by atoms with Crippen molar-refractivity contribution in [2.24, 2.45) is 0 Å². The lowest BCUT2D eigenvalue weighted by Crippen LogP contribution is -2.63. The van der Waals surface area contributed by atoms with Crippen molar-refractivity contribution in [2.45, 2.75) is 133 Å². The molecule has 0 saturated carbocycles. The third-order valence-electron chi connectivity index (χ3n) is 6.53. The summed E-state index contributed by atoms with van der Waals surface area (Å²) in [6.07, 6.45) is -7.40. The molecule has 0 radical (unpaired) electrons. The molecule has 0 bridgehead atoms. The van der Waals surface area contributed by atoms with Gasteiger partial charge in [0.05, 0.1) is 24.7 Å². The first-order valence-corrected chi connectivity index (χ1v) is 12.3. The highest BCUT2D eigenvalue weighted by molar-refractivity contribution is 5.76. The zero-order valence-electron chi connectivity index (χ0n) is 20.6. The molecule has 0 aromatic carbocycles. The van der Waals surface area contributed by atoms with E-state index in [2.05, 4.69) is 12.2 Å². The van der Waals surface area contributed by atoms with Crippen LogP contribution in [0.15, 0.2) is 0 Å². The summed E-state index contributed by atoms with van der Waals surface area (Å²) in [7, 11) is 1.54. The van der Waals surface area contributed by atoms with Gasteiger partial charge in [-0.05, 0) is 20.3 Å². The number of carbonyl (C=O) groups excluding carboxylic acids is 1. The minimum atomic E-state index is -1.60. The highest BCUT2D eigenvalue weighted by Crippen LogP contribution is 2.31. The fraction of sp³-hybridized carbons (Fsp3) is 0.957. The molecule has 2 rings (SSSR count). The summed E-state index contributed by atoms with van der Waals surface area (Å²) in [4.78, 5) is 12.1. The number of carbonyl (C=O) groups is 1. The zero-order chi connectivity index (χ0) is 25.4. The molecule has 0 aromatic heterocycles. The third kappa shape index (κ3) is 7.81. The molecule has 2 saturated heterocycles. The van der Waals surface area contributed by atoms with E-state index in [0.717, 1.165) is 32.1 Å². The van der Waals surface area contributed by atoms with Crippen LogP contribution in [0.1, 0.15) is 65.7 Å². The number of hydrogen-bond acceptors (Lipinski definition) is 10. The number of amides is 1. The summed E-state index contributed by atoms with van der Waals surface area (Å²) < 4.78 is 23.1. The summed E-state index contributed by atoms with van der Waals surface area (Å²) in [6.45, 7) is 5.21. The largest absolute Gasteiger partial charge is 0.388 e. The monoisotopic (exact) mass is 493 g/mol. The lowest BCUT2D eigenvalue weighted by molar-refractivity contribution is -0.366. The van der Waals surface area contributed by atoms with Crippen molar-refractivity contribution >= 4 is 5.91 Å². The lowest BCUT2D eigenvalue weighted by Gasteiger charge is -2.46. The number of rotatable bonds is 12. The molecule has 0 spiro atoms. The molecule has 11 nitrogen and oxygen atoms in total. The second kappa shape index (κ2) is 14.0. The van der Waals surface area contributed by atoms with Crippen molar-refractivity contribution in [1.29, 1.82) is 0 Å². The molecular weight excluding hydrogens is 450 g/mol. The van der Waals surface area contributed by atoms with Crippen LogP contribution in [0, 0.1) is 0 Å². The van der Waals surface area contributed by atoms with E-state index in [0.29, 0.717) is 6.42 Å². The van der Waals surface area contributed by atoms with Gasteiger partial charge < -0.3 is 49.8 Å². The van der Waals surface area contributed by atoms with Gasteiger partial charge in [-0.3, -0.25) is 4.79 Å². The fourth-order valence-electron chi connectivity index (χ4n) is 4.23. The van der Waals surface area contributed by atoms with Crippen LogP contribution in [-0.2, 0) is 23.7 Å². The van der Waals surface area contributed by atoms with Gasteiger partial charge in [0.1, 0.15) is 36.6 Å². The predicted molar refractivity (Wildman–Crippen MR) is 121 cm³/mol. The van der Waals surface area contributed by atoms with Gasteiger partial charge in [-0.1, -0.05) is 39.0 Å². The second-order valence-electron chi connectivity index (χ2n) is 9.31. The number of ether oxygens (including phenoxy) is 4. The van der Waals surface area contributed by atoms with E-state index in [4.69, 9.17) is 18.9 Å². The van der Waals surface area contributed by atoms with E-state index in [1.807, 2.05) is 0 Å². The molecule has 2 heterocycles. The molecule has 2 fully saturated rings. The number of aliphatic hydroxyl groups excluding tert-OH is 5. The Kier molecular flexibility index (Phi) is 12.1. The van der Waals surface area contributed by atoms with Crippen LogP contribution in [0.3, 0.4) is 0 Å². The van der Waals surface area contributed by atoms with Crippen LogP contribution in [-0.4, -0.2) is 106 Å². The number of nitrogens with one attached hydrogen (secondary N) is 1. The highest BCUT2D eigenvalue weighted by atomic mass is 16.8. The van der Waals surface area contributed by atoms with E-state index < -0.39 is 67.5 Å². The van der Waals surface area contributed by atoms with E-state index >= 15 is 0 Å². The Balaban J connectivity index is 2.13. The second-order valence-corrected chi connectivity index (χ2v) is 9.31. The third-order valence-corrected chi connectivity index (χ3v) is 6.53. The smallest absolute Gasteiger partial charge is 0.222 e. The topological polar surface area (TPSA) is 167 Å². The molecule has 34 heavy (non-hydrogen) atoms. The van der Waals surface area contributed by atoms with Crippen molar-refractivity contribution in [1.82, 2.24) is 5.32 Å². The predicted octanol–water partition coefficient (Wildman–Crippen LogP) is -0.452. The summed E-state index contributed by atoms with van der Waals surface area (Å²) in [5.41, 5.74) is 0. The van der Waals surface area contributed by atoms with E-state index in [1.165, 1.54) is 14.0 Å². The van der Waals surface area contributed by atoms with Crippen molar-refractivity contribution in [3.8, 4) is 0 Å². The van der Waals surface area contributed by atoms with Gasteiger partial charge in [0.25, 0.3) is 0 Å². The van der Waals surface area contributed by atoms with Gasteiger partial charge in [0, 0.05) is 7.05 Å². The first kappa shape index (κ1) is 29.3. The van der Waals surface area contributed by atoms with Crippen molar-refractivity contribution in [2.75, 3.05) is 7.05 Å². The minimum absolute atomic E-state index is 0.0778. The van der Waals surface area contributed by atoms with Gasteiger partial charge in [0.15, 0.2) is 12.6 Å². The Morgan fingerprint density at radius 3 is 2.06 bits per heavy atom. The first-order valence-electron chi connectivity index (χ1n) is 12.3. The molecule has 2 aliphatic rings. The molecule has 2 aliphatic heterocycles. The van der Waals surface area contributed by atoms with Gasteiger partial charge in [-0.15, -0.1) is 0 Å². The van der Waals surface area contributed by atoms with E-state index in [-0.39, 0.29) is 12.3 Å². The van der Waals surface area contributed by atoms with Crippen LogP contribution < -0.4 is 5.32 Å². The molecule has 11 atom stereocenters. The van der Waals surface area contributed by atoms with Crippen LogP contribution in [0.4, 0.5) is 0 Å².